The Labute approximate surface area is 116 Å². The van der Waals surface area contributed by atoms with Gasteiger partial charge in [-0.05, 0) is 31.7 Å². The van der Waals surface area contributed by atoms with Gasteiger partial charge in [0.2, 0.25) is 11.8 Å². The summed E-state index contributed by atoms with van der Waals surface area (Å²) in [5, 5.41) is 6.12. The molecule has 1 fully saturated rings. The van der Waals surface area contributed by atoms with Gasteiger partial charge in [-0.1, -0.05) is 20.3 Å². The molecule has 5 nitrogen and oxygen atoms in total. The predicted molar refractivity (Wildman–Crippen MR) is 75.7 cm³/mol. The lowest BCUT2D eigenvalue weighted by Gasteiger charge is -2.27. The molecule has 110 valence electrons. The third-order valence-electron chi connectivity index (χ3n) is 3.39. The number of rotatable bonds is 5. The van der Waals surface area contributed by atoms with Crippen molar-refractivity contribution in [2.45, 2.75) is 51.6 Å². The number of hydrogen-bond donors (Lipinski definition) is 2. The molecule has 2 atom stereocenters. The smallest absolute Gasteiger partial charge is 0.244 e. The minimum absolute atomic E-state index is 0.0298. The summed E-state index contributed by atoms with van der Waals surface area (Å²) in [6, 6.07) is -0.551. The number of hydrogen-bond acceptors (Lipinski definition) is 3. The third kappa shape index (κ3) is 5.19. The molecule has 0 saturated carbocycles. The Bertz CT molecular complexity index is 310. The number of nitrogens with zero attached hydrogens (tertiary/aromatic N) is 1. The van der Waals surface area contributed by atoms with Crippen LogP contribution in [0.2, 0.25) is 0 Å². The molecule has 1 aliphatic heterocycles. The lowest BCUT2D eigenvalue weighted by atomic mass is 10.0. The fourth-order valence-corrected chi connectivity index (χ4v) is 2.35. The van der Waals surface area contributed by atoms with E-state index in [1.54, 1.807) is 19.0 Å². The minimum atomic E-state index is -0.411. The monoisotopic (exact) mass is 269 g/mol. The van der Waals surface area contributed by atoms with E-state index in [1.807, 2.05) is 0 Å². The molecule has 5 heteroatoms. The lowest BCUT2D eigenvalue weighted by molar-refractivity contribution is -0.135. The van der Waals surface area contributed by atoms with Gasteiger partial charge in [-0.3, -0.25) is 9.59 Å². The second-order valence-electron chi connectivity index (χ2n) is 5.93. The molecule has 1 aliphatic rings. The normalized spacial score (nSPS) is 21.0. The van der Waals surface area contributed by atoms with Gasteiger partial charge in [-0.15, -0.1) is 0 Å². The Kier molecular flexibility index (Phi) is 6.28. The molecule has 0 spiro atoms. The molecular formula is C14H27N3O2. The molecule has 0 bridgehead atoms. The van der Waals surface area contributed by atoms with Gasteiger partial charge in [0.1, 0.15) is 6.04 Å². The van der Waals surface area contributed by atoms with E-state index in [2.05, 4.69) is 24.5 Å². The van der Waals surface area contributed by atoms with E-state index in [9.17, 15) is 9.59 Å². The fourth-order valence-electron chi connectivity index (χ4n) is 2.35. The lowest BCUT2D eigenvalue weighted by Crippen LogP contribution is -2.53. The maximum absolute atomic E-state index is 12.2. The summed E-state index contributed by atoms with van der Waals surface area (Å²) in [6.45, 7) is 5.00. The van der Waals surface area contributed by atoms with Gasteiger partial charge in [0.15, 0.2) is 0 Å². The van der Waals surface area contributed by atoms with Crippen molar-refractivity contribution in [2.75, 3.05) is 20.6 Å². The third-order valence-corrected chi connectivity index (χ3v) is 3.39. The van der Waals surface area contributed by atoms with Crippen LogP contribution in [0.4, 0.5) is 0 Å². The molecule has 2 amide bonds. The number of carbonyl (C=O) groups excluding carboxylic acids is 2. The zero-order valence-corrected chi connectivity index (χ0v) is 12.5. The van der Waals surface area contributed by atoms with Crippen LogP contribution in [0.3, 0.4) is 0 Å². The van der Waals surface area contributed by atoms with Gasteiger partial charge in [-0.2, -0.15) is 0 Å². The first kappa shape index (κ1) is 16.0. The van der Waals surface area contributed by atoms with Gasteiger partial charge < -0.3 is 15.5 Å². The predicted octanol–water partition coefficient (Wildman–Crippen LogP) is 0.748. The van der Waals surface area contributed by atoms with Crippen molar-refractivity contribution in [1.82, 2.24) is 15.5 Å². The van der Waals surface area contributed by atoms with Crippen LogP contribution in [0.15, 0.2) is 0 Å². The average Bonchev–Trinajstić information content (AvgIpc) is 2.37. The van der Waals surface area contributed by atoms with Crippen LogP contribution in [0, 0.1) is 5.92 Å². The quantitative estimate of drug-likeness (QED) is 0.774. The Hall–Kier alpha value is -1.10. The molecule has 1 saturated heterocycles. The van der Waals surface area contributed by atoms with Crippen molar-refractivity contribution >= 4 is 11.8 Å². The summed E-state index contributed by atoms with van der Waals surface area (Å²) >= 11 is 0. The standard InChI is InChI=1S/C14H27N3O2/c1-10(2)9-12(14(19)17(3)4)16-13(18)11-7-5-6-8-15-11/h10-12,15H,5-9H2,1-4H3,(H,16,18)/t11-,12?/m1/s1. The molecule has 2 N–H and O–H groups in total. The second kappa shape index (κ2) is 7.48. The first-order chi connectivity index (χ1) is 8.91. The Balaban J connectivity index is 2.60. The van der Waals surface area contributed by atoms with E-state index in [4.69, 9.17) is 0 Å². The van der Waals surface area contributed by atoms with Crippen LogP contribution >= 0.6 is 0 Å². The second-order valence-corrected chi connectivity index (χ2v) is 5.93. The molecule has 19 heavy (non-hydrogen) atoms. The van der Waals surface area contributed by atoms with E-state index in [0.29, 0.717) is 12.3 Å². The molecule has 0 aliphatic carbocycles. The van der Waals surface area contributed by atoms with Gasteiger partial charge in [0.25, 0.3) is 0 Å². The van der Waals surface area contributed by atoms with Crippen molar-refractivity contribution in [1.29, 1.82) is 0 Å². The maximum atomic E-state index is 12.2. The Morgan fingerprint density at radius 3 is 2.47 bits per heavy atom. The van der Waals surface area contributed by atoms with Crippen LogP contribution < -0.4 is 10.6 Å². The molecule has 1 unspecified atom stereocenters. The molecular weight excluding hydrogens is 242 g/mol. The molecule has 0 aromatic rings. The zero-order valence-electron chi connectivity index (χ0n) is 12.5. The molecule has 1 rings (SSSR count). The highest BCUT2D eigenvalue weighted by Gasteiger charge is 2.27. The summed E-state index contributed by atoms with van der Waals surface area (Å²) < 4.78 is 0. The van der Waals surface area contributed by atoms with Crippen LogP contribution in [-0.2, 0) is 9.59 Å². The van der Waals surface area contributed by atoms with Gasteiger partial charge >= 0.3 is 0 Å². The summed E-state index contributed by atoms with van der Waals surface area (Å²) in [7, 11) is 3.45. The topological polar surface area (TPSA) is 61.4 Å². The van der Waals surface area contributed by atoms with Crippen molar-refractivity contribution < 1.29 is 9.59 Å². The largest absolute Gasteiger partial charge is 0.347 e. The Morgan fingerprint density at radius 1 is 1.32 bits per heavy atom. The number of piperidine rings is 1. The van der Waals surface area contributed by atoms with Crippen molar-refractivity contribution in [3.8, 4) is 0 Å². The summed E-state index contributed by atoms with van der Waals surface area (Å²) in [4.78, 5) is 25.8. The Morgan fingerprint density at radius 2 is 2.00 bits per heavy atom. The van der Waals surface area contributed by atoms with Crippen molar-refractivity contribution in [3.63, 3.8) is 0 Å². The highest BCUT2D eigenvalue weighted by atomic mass is 16.2. The molecule has 0 aromatic carbocycles. The van der Waals surface area contributed by atoms with E-state index in [-0.39, 0.29) is 17.9 Å². The summed E-state index contributed by atoms with van der Waals surface area (Å²) in [5.41, 5.74) is 0. The summed E-state index contributed by atoms with van der Waals surface area (Å²) in [6.07, 6.45) is 3.73. The SMILES string of the molecule is CC(C)CC(NC(=O)[C@H]1CCCCN1)C(=O)N(C)C. The van der Waals surface area contributed by atoms with Crippen LogP contribution in [-0.4, -0.2) is 49.4 Å². The van der Waals surface area contributed by atoms with Crippen LogP contribution in [0.1, 0.15) is 39.5 Å². The number of amides is 2. The van der Waals surface area contributed by atoms with Crippen LogP contribution in [0.5, 0.6) is 0 Å². The summed E-state index contributed by atoms with van der Waals surface area (Å²) in [5.74, 6) is 0.298. The van der Waals surface area contributed by atoms with E-state index in [1.165, 1.54) is 0 Å². The van der Waals surface area contributed by atoms with Gasteiger partial charge in [0, 0.05) is 14.1 Å². The van der Waals surface area contributed by atoms with Crippen molar-refractivity contribution in [2.24, 2.45) is 5.92 Å². The highest BCUT2D eigenvalue weighted by molar-refractivity contribution is 5.89. The first-order valence-corrected chi connectivity index (χ1v) is 7.16. The number of carbonyl (C=O) groups is 2. The van der Waals surface area contributed by atoms with E-state index < -0.39 is 6.04 Å². The van der Waals surface area contributed by atoms with Crippen LogP contribution in [0.25, 0.3) is 0 Å². The average molecular weight is 269 g/mol. The molecule has 1 heterocycles. The van der Waals surface area contributed by atoms with Crippen molar-refractivity contribution in [3.05, 3.63) is 0 Å². The fraction of sp³-hybridized carbons (Fsp3) is 0.857. The van der Waals surface area contributed by atoms with Gasteiger partial charge in [-0.25, -0.2) is 0 Å². The van der Waals surface area contributed by atoms with E-state index >= 15 is 0 Å². The molecule has 0 radical (unpaired) electrons. The highest BCUT2D eigenvalue weighted by Crippen LogP contribution is 2.10. The number of likely N-dealkylation sites (N-methyl/N-ethyl adjacent to an activating group) is 1. The maximum Gasteiger partial charge on any atom is 0.244 e. The first-order valence-electron chi connectivity index (χ1n) is 7.16. The minimum Gasteiger partial charge on any atom is -0.347 e. The van der Waals surface area contributed by atoms with E-state index in [0.717, 1.165) is 25.8 Å². The molecule has 0 aromatic heterocycles. The van der Waals surface area contributed by atoms with Gasteiger partial charge in [0.05, 0.1) is 6.04 Å². The zero-order chi connectivity index (χ0) is 14.4. The number of nitrogens with one attached hydrogen (secondary N) is 2.